The zero-order valence-electron chi connectivity index (χ0n) is 11.3. The molecule has 0 radical (unpaired) electrons. The lowest BCUT2D eigenvalue weighted by Gasteiger charge is -2.21. The number of hydrogen-bond acceptors (Lipinski definition) is 3. The maximum absolute atomic E-state index is 13.7. The second-order valence-corrected chi connectivity index (χ2v) is 4.66. The van der Waals surface area contributed by atoms with Crippen molar-refractivity contribution < 1.29 is 14.0 Å². The van der Waals surface area contributed by atoms with Gasteiger partial charge in [-0.05, 0) is 30.7 Å². The van der Waals surface area contributed by atoms with Crippen molar-refractivity contribution in [2.24, 2.45) is 0 Å². The fraction of sp³-hybridized carbons (Fsp3) is 0.286. The molecule has 1 aliphatic rings. The number of benzene rings is 1. The van der Waals surface area contributed by atoms with Gasteiger partial charge in [0.15, 0.2) is 0 Å². The van der Waals surface area contributed by atoms with Gasteiger partial charge < -0.3 is 16.0 Å². The minimum atomic E-state index is -0.544. The van der Waals surface area contributed by atoms with Crippen molar-refractivity contribution in [3.8, 4) is 0 Å². The number of amides is 2. The van der Waals surface area contributed by atoms with Crippen LogP contribution in [0.15, 0.2) is 29.3 Å². The Morgan fingerprint density at radius 3 is 2.45 bits per heavy atom. The molecule has 0 aliphatic carbocycles. The van der Waals surface area contributed by atoms with Crippen LogP contribution in [-0.4, -0.2) is 24.9 Å². The summed E-state index contributed by atoms with van der Waals surface area (Å²) < 4.78 is 13.7. The Hall–Kier alpha value is -2.21. The predicted molar refractivity (Wildman–Crippen MR) is 74.9 cm³/mol. The lowest BCUT2D eigenvalue weighted by atomic mass is 10.0. The molecule has 0 saturated carbocycles. The molecule has 0 atom stereocenters. The molecular weight excluding hydrogens is 261 g/mol. The van der Waals surface area contributed by atoms with Gasteiger partial charge in [-0.25, -0.2) is 4.39 Å². The monoisotopic (exact) mass is 277 g/mol. The van der Waals surface area contributed by atoms with E-state index in [1.54, 1.807) is 6.92 Å². The number of carbonyl (C=O) groups is 2. The Morgan fingerprint density at radius 1 is 1.20 bits per heavy atom. The molecule has 2 rings (SSSR count). The summed E-state index contributed by atoms with van der Waals surface area (Å²) in [5, 5.41) is 8.11. The number of halogens is 1. The molecule has 0 spiro atoms. The van der Waals surface area contributed by atoms with Crippen molar-refractivity contribution in [3.05, 3.63) is 35.2 Å². The molecule has 1 heterocycles. The minimum absolute atomic E-state index is 0.0495. The summed E-state index contributed by atoms with van der Waals surface area (Å²) in [5.41, 5.74) is 2.09. The molecule has 0 unspecified atom stereocenters. The van der Waals surface area contributed by atoms with E-state index < -0.39 is 5.82 Å². The standard InChI is InChI=1S/C14H16FN3O2/c1-8(10-6-16-7-10)14(20)18-13-5-11(17-9(2)19)3-4-12(13)15/h3-5,16H,6-7H2,1-2H3,(H,17,19)(H,18,20). The van der Waals surface area contributed by atoms with Crippen LogP contribution in [0.3, 0.4) is 0 Å². The average Bonchev–Trinajstić information content (AvgIpc) is 2.30. The Kier molecular flexibility index (Phi) is 4.14. The average molecular weight is 277 g/mol. The molecule has 6 heteroatoms. The van der Waals surface area contributed by atoms with Crippen LogP contribution in [0.1, 0.15) is 13.8 Å². The molecule has 5 nitrogen and oxygen atoms in total. The molecule has 1 aromatic carbocycles. The quantitative estimate of drug-likeness (QED) is 0.736. The van der Waals surface area contributed by atoms with Crippen molar-refractivity contribution in [1.82, 2.24) is 5.32 Å². The van der Waals surface area contributed by atoms with E-state index in [1.807, 2.05) is 0 Å². The zero-order chi connectivity index (χ0) is 14.7. The Balaban J connectivity index is 2.15. The summed E-state index contributed by atoms with van der Waals surface area (Å²) in [6.07, 6.45) is 0. The van der Waals surface area contributed by atoms with E-state index in [-0.39, 0.29) is 17.5 Å². The minimum Gasteiger partial charge on any atom is -0.326 e. The Bertz CT molecular complexity index is 590. The second-order valence-electron chi connectivity index (χ2n) is 4.66. The zero-order valence-corrected chi connectivity index (χ0v) is 11.3. The van der Waals surface area contributed by atoms with Gasteiger partial charge in [0.25, 0.3) is 5.91 Å². The first-order valence-electron chi connectivity index (χ1n) is 6.25. The molecule has 0 bridgehead atoms. The van der Waals surface area contributed by atoms with Crippen LogP contribution in [-0.2, 0) is 9.59 Å². The van der Waals surface area contributed by atoms with Gasteiger partial charge in [0.1, 0.15) is 5.82 Å². The second kappa shape index (κ2) is 5.83. The van der Waals surface area contributed by atoms with Gasteiger partial charge in [0.05, 0.1) is 5.69 Å². The third kappa shape index (κ3) is 3.21. The lowest BCUT2D eigenvalue weighted by Crippen LogP contribution is -2.36. The van der Waals surface area contributed by atoms with E-state index in [0.717, 1.165) is 5.57 Å². The van der Waals surface area contributed by atoms with E-state index in [2.05, 4.69) is 16.0 Å². The van der Waals surface area contributed by atoms with E-state index in [0.29, 0.717) is 24.4 Å². The van der Waals surface area contributed by atoms with E-state index in [1.165, 1.54) is 25.1 Å². The SMILES string of the molecule is CC(=O)Nc1ccc(F)c(NC(=O)C(C)=C2CNC2)c1. The lowest BCUT2D eigenvalue weighted by molar-refractivity contribution is -0.114. The number of anilines is 2. The molecule has 0 aromatic heterocycles. The topological polar surface area (TPSA) is 70.2 Å². The smallest absolute Gasteiger partial charge is 0.251 e. The van der Waals surface area contributed by atoms with Crippen molar-refractivity contribution >= 4 is 23.2 Å². The largest absolute Gasteiger partial charge is 0.326 e. The van der Waals surface area contributed by atoms with Gasteiger partial charge in [-0.15, -0.1) is 0 Å². The summed E-state index contributed by atoms with van der Waals surface area (Å²) in [4.78, 5) is 23.0. The van der Waals surface area contributed by atoms with Crippen LogP contribution >= 0.6 is 0 Å². The van der Waals surface area contributed by atoms with Crippen molar-refractivity contribution in [1.29, 1.82) is 0 Å². The van der Waals surface area contributed by atoms with Crippen molar-refractivity contribution in [3.63, 3.8) is 0 Å². The molecule has 2 amide bonds. The normalized spacial score (nSPS) is 13.4. The maximum Gasteiger partial charge on any atom is 0.251 e. The van der Waals surface area contributed by atoms with E-state index >= 15 is 0 Å². The van der Waals surface area contributed by atoms with Gasteiger partial charge in [0, 0.05) is 31.3 Å². The van der Waals surface area contributed by atoms with E-state index in [4.69, 9.17) is 0 Å². The Morgan fingerprint density at radius 2 is 1.90 bits per heavy atom. The van der Waals surface area contributed by atoms with Gasteiger partial charge in [-0.2, -0.15) is 0 Å². The number of rotatable bonds is 3. The highest BCUT2D eigenvalue weighted by molar-refractivity contribution is 6.04. The molecule has 1 fully saturated rings. The Labute approximate surface area is 116 Å². The van der Waals surface area contributed by atoms with E-state index in [9.17, 15) is 14.0 Å². The highest BCUT2D eigenvalue weighted by atomic mass is 19.1. The number of carbonyl (C=O) groups excluding carboxylic acids is 2. The number of hydrogen-bond donors (Lipinski definition) is 3. The number of nitrogens with one attached hydrogen (secondary N) is 3. The summed E-state index contributed by atoms with van der Waals surface area (Å²) in [6.45, 7) is 4.45. The molecule has 1 saturated heterocycles. The molecule has 1 aliphatic heterocycles. The van der Waals surface area contributed by atoms with Gasteiger partial charge in [0.2, 0.25) is 5.91 Å². The van der Waals surface area contributed by atoms with Gasteiger partial charge in [-0.1, -0.05) is 0 Å². The first-order valence-corrected chi connectivity index (χ1v) is 6.25. The summed E-state index contributed by atoms with van der Waals surface area (Å²) in [7, 11) is 0. The predicted octanol–water partition coefficient (Wildman–Crippen LogP) is 1.64. The third-order valence-electron chi connectivity index (χ3n) is 3.08. The van der Waals surface area contributed by atoms with Crippen LogP contribution in [0.2, 0.25) is 0 Å². The highest BCUT2D eigenvalue weighted by Crippen LogP contribution is 2.21. The van der Waals surface area contributed by atoms with Crippen LogP contribution in [0.5, 0.6) is 0 Å². The van der Waals surface area contributed by atoms with Crippen molar-refractivity contribution in [2.75, 3.05) is 23.7 Å². The first-order chi connectivity index (χ1) is 9.47. The van der Waals surface area contributed by atoms with Crippen LogP contribution in [0, 0.1) is 5.82 Å². The first kappa shape index (κ1) is 14.2. The highest BCUT2D eigenvalue weighted by Gasteiger charge is 2.17. The van der Waals surface area contributed by atoms with Crippen LogP contribution in [0.25, 0.3) is 0 Å². The summed E-state index contributed by atoms with van der Waals surface area (Å²) in [5.74, 6) is -1.13. The molecule has 20 heavy (non-hydrogen) atoms. The summed E-state index contributed by atoms with van der Waals surface area (Å²) in [6, 6.07) is 4.04. The fourth-order valence-corrected chi connectivity index (χ4v) is 1.79. The molecule has 1 aromatic rings. The van der Waals surface area contributed by atoms with Gasteiger partial charge >= 0.3 is 0 Å². The maximum atomic E-state index is 13.7. The fourth-order valence-electron chi connectivity index (χ4n) is 1.79. The molecule has 3 N–H and O–H groups in total. The summed E-state index contributed by atoms with van der Waals surface area (Å²) >= 11 is 0. The molecule has 106 valence electrons. The van der Waals surface area contributed by atoms with Crippen LogP contribution < -0.4 is 16.0 Å². The molecular formula is C14H16FN3O2. The third-order valence-corrected chi connectivity index (χ3v) is 3.08. The van der Waals surface area contributed by atoms with Gasteiger partial charge in [-0.3, -0.25) is 9.59 Å². The van der Waals surface area contributed by atoms with Crippen molar-refractivity contribution in [2.45, 2.75) is 13.8 Å². The van der Waals surface area contributed by atoms with Crippen LogP contribution in [0.4, 0.5) is 15.8 Å².